The van der Waals surface area contributed by atoms with Crippen LogP contribution in [0.2, 0.25) is 0 Å². The second-order valence-electron chi connectivity index (χ2n) is 6.91. The first-order valence-corrected chi connectivity index (χ1v) is 10.9. The molecule has 1 aliphatic carbocycles. The van der Waals surface area contributed by atoms with Crippen molar-refractivity contribution in [2.75, 3.05) is 0 Å². The largest absolute Gasteiger partial charge is 0.361 e. The van der Waals surface area contributed by atoms with Crippen molar-refractivity contribution in [3.05, 3.63) is 57.8 Å². The van der Waals surface area contributed by atoms with Gasteiger partial charge in [-0.05, 0) is 59.1 Å². The Hall–Kier alpha value is -1.94. The molecule has 1 unspecified atom stereocenters. The molecule has 140 valence electrons. The highest BCUT2D eigenvalue weighted by molar-refractivity contribution is 14.1. The third-order valence-corrected chi connectivity index (χ3v) is 7.92. The van der Waals surface area contributed by atoms with Gasteiger partial charge in [-0.1, -0.05) is 23.4 Å². The number of rotatable bonds is 3. The van der Waals surface area contributed by atoms with Gasteiger partial charge in [-0.2, -0.15) is 0 Å². The predicted octanol–water partition coefficient (Wildman–Crippen LogP) is 4.52. The molecule has 8 heteroatoms. The zero-order valence-electron chi connectivity index (χ0n) is 15.1. The Morgan fingerprint density at radius 1 is 1.33 bits per heavy atom. The van der Waals surface area contributed by atoms with Crippen molar-refractivity contribution in [2.24, 2.45) is 0 Å². The van der Waals surface area contributed by atoms with E-state index in [1.54, 1.807) is 37.5 Å². The summed E-state index contributed by atoms with van der Waals surface area (Å²) in [5.74, 6) is 0.710. The van der Waals surface area contributed by atoms with Crippen LogP contribution in [-0.2, 0) is 10.0 Å². The van der Waals surface area contributed by atoms with Gasteiger partial charge in [0, 0.05) is 35.3 Å². The third-order valence-electron chi connectivity index (χ3n) is 4.91. The highest BCUT2D eigenvalue weighted by atomic mass is 127. The highest BCUT2D eigenvalue weighted by Crippen LogP contribution is 2.36. The van der Waals surface area contributed by atoms with E-state index in [2.05, 4.69) is 32.7 Å². The molecular weight excluding hydrogens is 477 g/mol. The van der Waals surface area contributed by atoms with Crippen LogP contribution in [0.1, 0.15) is 24.8 Å². The van der Waals surface area contributed by atoms with E-state index in [0.29, 0.717) is 17.8 Å². The smallest absolute Gasteiger partial charge is 0.249 e. The maximum absolute atomic E-state index is 13.4. The predicted molar refractivity (Wildman–Crippen MR) is 113 cm³/mol. The molecule has 27 heavy (non-hydrogen) atoms. The Morgan fingerprint density at radius 3 is 2.78 bits per heavy atom. The number of hydrogen-bond donors (Lipinski definition) is 0. The number of halogens is 1. The Kier molecular flexibility index (Phi) is 4.30. The molecule has 0 amide bonds. The molecule has 3 aromatic heterocycles. The minimum absolute atomic E-state index is 0.421. The summed E-state index contributed by atoms with van der Waals surface area (Å²) < 4.78 is 33.3. The van der Waals surface area contributed by atoms with Crippen molar-refractivity contribution in [1.82, 2.24) is 14.1 Å². The molecule has 0 aromatic carbocycles. The maximum atomic E-state index is 13.4. The number of hydrogen-bond acceptors (Lipinski definition) is 5. The van der Waals surface area contributed by atoms with Crippen LogP contribution < -0.4 is 0 Å². The van der Waals surface area contributed by atoms with E-state index in [4.69, 9.17) is 4.52 Å². The van der Waals surface area contributed by atoms with Gasteiger partial charge >= 0.3 is 0 Å². The molecule has 0 saturated carbocycles. The fraction of sp³-hybridized carbons (Fsp3) is 0.263. The lowest BCUT2D eigenvalue weighted by Gasteiger charge is -2.28. The first-order chi connectivity index (χ1) is 12.7. The zero-order valence-corrected chi connectivity index (χ0v) is 18.1. The molecule has 3 heterocycles. The molecule has 1 atom stereocenters. The number of pyridine rings is 1. The van der Waals surface area contributed by atoms with Crippen LogP contribution in [0, 0.1) is 13.8 Å². The van der Waals surface area contributed by atoms with Crippen molar-refractivity contribution in [1.29, 1.82) is 0 Å². The van der Waals surface area contributed by atoms with E-state index in [1.807, 2.05) is 26.0 Å². The van der Waals surface area contributed by atoms with E-state index in [1.165, 1.54) is 3.97 Å². The number of aryl methyl sites for hydroxylation is 2. The van der Waals surface area contributed by atoms with Crippen LogP contribution in [0.5, 0.6) is 0 Å². The van der Waals surface area contributed by atoms with Gasteiger partial charge in [-0.3, -0.25) is 0 Å². The fourth-order valence-corrected chi connectivity index (χ4v) is 6.33. The van der Waals surface area contributed by atoms with Gasteiger partial charge < -0.3 is 4.52 Å². The van der Waals surface area contributed by atoms with Crippen molar-refractivity contribution in [3.63, 3.8) is 0 Å². The number of fused-ring (bicyclic) bond motifs is 1. The van der Waals surface area contributed by atoms with E-state index in [0.717, 1.165) is 25.8 Å². The molecular formula is C19H18IN3O3S. The van der Waals surface area contributed by atoms with E-state index >= 15 is 0 Å². The molecule has 0 aliphatic heterocycles. The second kappa shape index (κ2) is 6.30. The summed E-state index contributed by atoms with van der Waals surface area (Å²) >= 11 is 2.18. The van der Waals surface area contributed by atoms with E-state index < -0.39 is 14.8 Å². The lowest BCUT2D eigenvalue weighted by Crippen LogP contribution is -2.38. The Morgan fingerprint density at radius 2 is 2.11 bits per heavy atom. The van der Waals surface area contributed by atoms with Gasteiger partial charge in [0.15, 0.2) is 5.65 Å². The summed E-state index contributed by atoms with van der Waals surface area (Å²) in [4.78, 5) is 4.46. The second-order valence-corrected chi connectivity index (χ2v) is 10.6. The van der Waals surface area contributed by atoms with Gasteiger partial charge in [0.2, 0.25) is 10.0 Å². The molecule has 3 aromatic rings. The lowest BCUT2D eigenvalue weighted by atomic mass is 10.0. The Labute approximate surface area is 171 Å². The van der Waals surface area contributed by atoms with Gasteiger partial charge in [0.1, 0.15) is 10.5 Å². The number of nitrogens with zero attached hydrogens (tertiary/aromatic N) is 3. The van der Waals surface area contributed by atoms with Crippen LogP contribution in [0.4, 0.5) is 0 Å². The first-order valence-electron chi connectivity index (χ1n) is 8.42. The monoisotopic (exact) mass is 495 g/mol. The Balaban J connectivity index is 1.83. The molecule has 0 fully saturated rings. The van der Waals surface area contributed by atoms with Crippen LogP contribution in [-0.4, -0.2) is 27.3 Å². The number of allylic oxidation sites excluding steroid dienone is 3. The molecule has 0 N–H and O–H groups in total. The minimum atomic E-state index is -3.67. The molecule has 0 spiro atoms. The van der Waals surface area contributed by atoms with Crippen molar-refractivity contribution < 1.29 is 12.9 Å². The maximum Gasteiger partial charge on any atom is 0.249 e. The quantitative estimate of drug-likeness (QED) is 0.500. The standard InChI is InChI=1S/C19H18IN3O3S/c1-12-17(13(2)26-22-12)15-9-14-6-8-23(18(14)21-11-15)27(24,25)19(3)7-4-5-16(20)10-19/h4-9,11H,10H2,1-3H3. The van der Waals surface area contributed by atoms with Crippen LogP contribution >= 0.6 is 22.6 Å². The normalized spacial score (nSPS) is 20.2. The highest BCUT2D eigenvalue weighted by Gasteiger charge is 2.40. The van der Waals surface area contributed by atoms with Gasteiger partial charge in [0.25, 0.3) is 0 Å². The van der Waals surface area contributed by atoms with Crippen LogP contribution in [0.25, 0.3) is 22.2 Å². The van der Waals surface area contributed by atoms with Gasteiger partial charge in [0.05, 0.1) is 5.69 Å². The molecule has 0 radical (unpaired) electrons. The first kappa shape index (κ1) is 18.4. The van der Waals surface area contributed by atoms with Crippen LogP contribution in [0.3, 0.4) is 0 Å². The average molecular weight is 495 g/mol. The van der Waals surface area contributed by atoms with Crippen molar-refractivity contribution >= 4 is 43.6 Å². The third kappa shape index (κ3) is 2.85. The fourth-order valence-electron chi connectivity index (χ4n) is 3.44. The summed E-state index contributed by atoms with van der Waals surface area (Å²) in [6.07, 6.45) is 9.17. The molecule has 0 saturated heterocycles. The zero-order chi connectivity index (χ0) is 19.4. The molecule has 1 aliphatic rings. The lowest BCUT2D eigenvalue weighted by molar-refractivity contribution is 0.393. The molecule has 0 bridgehead atoms. The van der Waals surface area contributed by atoms with Gasteiger partial charge in [-0.25, -0.2) is 17.4 Å². The van der Waals surface area contributed by atoms with E-state index in [-0.39, 0.29) is 0 Å². The summed E-state index contributed by atoms with van der Waals surface area (Å²) in [7, 11) is -3.67. The summed E-state index contributed by atoms with van der Waals surface area (Å²) in [6.45, 7) is 5.46. The number of aromatic nitrogens is 3. The topological polar surface area (TPSA) is 78.0 Å². The van der Waals surface area contributed by atoms with Crippen molar-refractivity contribution in [2.45, 2.75) is 31.9 Å². The van der Waals surface area contributed by atoms with Gasteiger partial charge in [-0.15, -0.1) is 0 Å². The SMILES string of the molecule is Cc1noc(C)c1-c1cnc2c(ccn2S(=O)(=O)C2(C)C=CC=C(I)C2)c1. The Bertz CT molecular complexity index is 1200. The molecule has 4 rings (SSSR count). The summed E-state index contributed by atoms with van der Waals surface area (Å²) in [5.41, 5.74) is 2.95. The average Bonchev–Trinajstić information content (AvgIpc) is 3.17. The summed E-state index contributed by atoms with van der Waals surface area (Å²) in [5, 5.41) is 4.73. The molecule has 6 nitrogen and oxygen atoms in total. The van der Waals surface area contributed by atoms with Crippen molar-refractivity contribution in [3.8, 4) is 11.1 Å². The minimum Gasteiger partial charge on any atom is -0.361 e. The van der Waals surface area contributed by atoms with E-state index in [9.17, 15) is 8.42 Å². The van der Waals surface area contributed by atoms with Crippen LogP contribution in [0.15, 0.2) is 50.9 Å². The summed E-state index contributed by atoms with van der Waals surface area (Å²) in [6, 6.07) is 3.70.